The van der Waals surface area contributed by atoms with Crippen LogP contribution in [0.1, 0.15) is 6.92 Å². The molecule has 0 heterocycles. The van der Waals surface area contributed by atoms with Gasteiger partial charge in [-0.3, -0.25) is 4.79 Å². The molecule has 0 spiro atoms. The van der Waals surface area contributed by atoms with E-state index in [1.807, 2.05) is 0 Å². The maximum absolute atomic E-state index is 10.4. The molecule has 0 fully saturated rings. The summed E-state index contributed by atoms with van der Waals surface area (Å²) in [6.07, 6.45) is 5.53. The van der Waals surface area contributed by atoms with Crippen molar-refractivity contribution in [3.63, 3.8) is 0 Å². The first kappa shape index (κ1) is 9.62. The number of hydrogen-bond acceptors (Lipinski definition) is 3. The van der Waals surface area contributed by atoms with Gasteiger partial charge in [0.05, 0.1) is 7.11 Å². The van der Waals surface area contributed by atoms with Gasteiger partial charge in [0.25, 0.3) is 0 Å². The van der Waals surface area contributed by atoms with Gasteiger partial charge < -0.3 is 4.74 Å². The highest BCUT2D eigenvalue weighted by Gasteiger charge is 1.86. The van der Waals surface area contributed by atoms with Crippen LogP contribution in [0.2, 0.25) is 0 Å². The lowest BCUT2D eigenvalue weighted by Gasteiger charge is -1.85. The maximum atomic E-state index is 10.4. The Morgan fingerprint density at radius 3 is 2.18 bits per heavy atom. The Kier molecular flexibility index (Phi) is 4.73. The van der Waals surface area contributed by atoms with E-state index in [1.165, 1.54) is 38.3 Å². The van der Waals surface area contributed by atoms with Crippen LogP contribution in [0.4, 0.5) is 0 Å². The zero-order valence-corrected chi connectivity index (χ0v) is 6.53. The number of rotatable bonds is 3. The van der Waals surface area contributed by atoms with Crippen LogP contribution >= 0.6 is 0 Å². The molecule has 60 valence electrons. The van der Waals surface area contributed by atoms with Crippen LogP contribution in [0.3, 0.4) is 0 Å². The molecular formula is C8H10O3. The largest absolute Gasteiger partial charge is 0.466 e. The highest BCUT2D eigenvalue weighted by Crippen LogP contribution is 1.81. The van der Waals surface area contributed by atoms with Crippen molar-refractivity contribution in [2.75, 3.05) is 7.11 Å². The Bertz CT molecular complexity index is 201. The van der Waals surface area contributed by atoms with Crippen LogP contribution in [-0.2, 0) is 14.3 Å². The molecule has 3 nitrogen and oxygen atoms in total. The number of carbonyl (C=O) groups is 2. The van der Waals surface area contributed by atoms with Crippen molar-refractivity contribution < 1.29 is 14.3 Å². The summed E-state index contributed by atoms with van der Waals surface area (Å²) in [6.45, 7) is 1.43. The first-order chi connectivity index (χ1) is 5.16. The van der Waals surface area contributed by atoms with E-state index in [-0.39, 0.29) is 5.78 Å². The average molecular weight is 154 g/mol. The van der Waals surface area contributed by atoms with E-state index < -0.39 is 5.97 Å². The minimum absolute atomic E-state index is 0.0560. The zero-order valence-electron chi connectivity index (χ0n) is 6.53. The Morgan fingerprint density at radius 2 is 1.73 bits per heavy atom. The van der Waals surface area contributed by atoms with Crippen LogP contribution in [0, 0.1) is 0 Å². The second-order valence-electron chi connectivity index (χ2n) is 1.85. The molecule has 3 heteroatoms. The van der Waals surface area contributed by atoms with Crippen molar-refractivity contribution in [2.24, 2.45) is 0 Å². The quantitative estimate of drug-likeness (QED) is 0.344. The van der Waals surface area contributed by atoms with E-state index >= 15 is 0 Å². The lowest BCUT2D eigenvalue weighted by molar-refractivity contribution is -0.134. The van der Waals surface area contributed by atoms with Crippen molar-refractivity contribution >= 4 is 11.8 Å². The maximum Gasteiger partial charge on any atom is 0.330 e. The monoisotopic (exact) mass is 154 g/mol. The molecule has 0 aromatic heterocycles. The minimum Gasteiger partial charge on any atom is -0.466 e. The topological polar surface area (TPSA) is 43.4 Å². The fraction of sp³-hybridized carbons (Fsp3) is 0.250. The number of methoxy groups -OCH3 is 1. The SMILES string of the molecule is COC(=O)C=CC=CC(C)=O. The van der Waals surface area contributed by atoms with Gasteiger partial charge in [-0.05, 0) is 13.0 Å². The highest BCUT2D eigenvalue weighted by molar-refractivity contribution is 5.88. The molecule has 0 aromatic carbocycles. The summed E-state index contributed by atoms with van der Waals surface area (Å²) in [5, 5.41) is 0. The molecule has 0 bridgehead atoms. The molecule has 0 aliphatic carbocycles. The molecule has 11 heavy (non-hydrogen) atoms. The van der Waals surface area contributed by atoms with Crippen molar-refractivity contribution in [2.45, 2.75) is 6.92 Å². The number of ketones is 1. The Balaban J connectivity index is 3.77. The third-order valence-electron chi connectivity index (χ3n) is 0.876. The number of carbonyl (C=O) groups excluding carboxylic acids is 2. The third kappa shape index (κ3) is 6.51. The minimum atomic E-state index is -0.432. The van der Waals surface area contributed by atoms with Gasteiger partial charge in [0.15, 0.2) is 5.78 Å². The summed E-state index contributed by atoms with van der Waals surface area (Å²) < 4.78 is 4.31. The van der Waals surface area contributed by atoms with E-state index in [0.717, 1.165) is 0 Å². The van der Waals surface area contributed by atoms with E-state index in [0.29, 0.717) is 0 Å². The van der Waals surface area contributed by atoms with Crippen LogP contribution in [0.25, 0.3) is 0 Å². The van der Waals surface area contributed by atoms with Crippen molar-refractivity contribution in [3.8, 4) is 0 Å². The van der Waals surface area contributed by atoms with Crippen LogP contribution in [-0.4, -0.2) is 18.9 Å². The van der Waals surface area contributed by atoms with Gasteiger partial charge in [-0.2, -0.15) is 0 Å². The number of ether oxygens (including phenoxy) is 1. The summed E-state index contributed by atoms with van der Waals surface area (Å²) in [5.74, 6) is -0.488. The average Bonchev–Trinajstić information content (AvgIpc) is 1.97. The van der Waals surface area contributed by atoms with Crippen molar-refractivity contribution in [1.29, 1.82) is 0 Å². The van der Waals surface area contributed by atoms with E-state index in [2.05, 4.69) is 4.74 Å². The van der Waals surface area contributed by atoms with Gasteiger partial charge in [0, 0.05) is 6.08 Å². The summed E-state index contributed by atoms with van der Waals surface area (Å²) >= 11 is 0. The molecule has 0 radical (unpaired) electrons. The second kappa shape index (κ2) is 5.41. The molecule has 0 rings (SSSR count). The molecular weight excluding hydrogens is 144 g/mol. The zero-order chi connectivity index (χ0) is 8.69. The van der Waals surface area contributed by atoms with Gasteiger partial charge in [-0.1, -0.05) is 12.2 Å². The smallest absolute Gasteiger partial charge is 0.330 e. The van der Waals surface area contributed by atoms with E-state index in [9.17, 15) is 9.59 Å². The van der Waals surface area contributed by atoms with Gasteiger partial charge in [0.1, 0.15) is 0 Å². The van der Waals surface area contributed by atoms with Crippen molar-refractivity contribution in [1.82, 2.24) is 0 Å². The molecule has 0 unspecified atom stereocenters. The normalized spacial score (nSPS) is 10.7. The fourth-order valence-electron chi connectivity index (χ4n) is 0.393. The Labute approximate surface area is 65.4 Å². The number of hydrogen-bond donors (Lipinski definition) is 0. The standard InChI is InChI=1S/C8H10O3/c1-7(9)5-3-4-6-8(10)11-2/h3-6H,1-2H3. The summed E-state index contributed by atoms with van der Waals surface area (Å²) in [7, 11) is 1.29. The van der Waals surface area contributed by atoms with Crippen LogP contribution in [0.15, 0.2) is 24.3 Å². The molecule has 0 aliphatic heterocycles. The summed E-state index contributed by atoms with van der Waals surface area (Å²) in [4.78, 5) is 20.7. The van der Waals surface area contributed by atoms with Crippen LogP contribution in [0.5, 0.6) is 0 Å². The first-order valence-electron chi connectivity index (χ1n) is 3.10. The van der Waals surface area contributed by atoms with E-state index in [4.69, 9.17) is 0 Å². The van der Waals surface area contributed by atoms with Gasteiger partial charge in [0.2, 0.25) is 0 Å². The Morgan fingerprint density at radius 1 is 1.18 bits per heavy atom. The highest BCUT2D eigenvalue weighted by atomic mass is 16.5. The number of allylic oxidation sites excluding steroid dienone is 3. The summed E-state index contributed by atoms with van der Waals surface area (Å²) in [5.41, 5.74) is 0. The van der Waals surface area contributed by atoms with E-state index in [1.54, 1.807) is 0 Å². The van der Waals surface area contributed by atoms with Gasteiger partial charge in [-0.15, -0.1) is 0 Å². The lowest BCUT2D eigenvalue weighted by Crippen LogP contribution is -1.92. The second-order valence-corrected chi connectivity index (χ2v) is 1.85. The third-order valence-corrected chi connectivity index (χ3v) is 0.876. The van der Waals surface area contributed by atoms with Crippen LogP contribution < -0.4 is 0 Å². The van der Waals surface area contributed by atoms with Gasteiger partial charge in [-0.25, -0.2) is 4.79 Å². The predicted molar refractivity (Wildman–Crippen MR) is 41.0 cm³/mol. The lowest BCUT2D eigenvalue weighted by atomic mass is 10.3. The molecule has 0 aromatic rings. The molecule has 0 saturated heterocycles. The fourth-order valence-corrected chi connectivity index (χ4v) is 0.393. The number of esters is 1. The molecule has 0 amide bonds. The Hall–Kier alpha value is -1.38. The first-order valence-corrected chi connectivity index (χ1v) is 3.10. The summed E-state index contributed by atoms with van der Waals surface area (Å²) in [6, 6.07) is 0. The van der Waals surface area contributed by atoms with Gasteiger partial charge >= 0.3 is 5.97 Å². The van der Waals surface area contributed by atoms with Crippen molar-refractivity contribution in [3.05, 3.63) is 24.3 Å². The molecule has 0 aliphatic rings. The molecule has 0 saturated carbocycles. The molecule has 0 N–H and O–H groups in total. The molecule has 0 atom stereocenters. The predicted octanol–water partition coefficient (Wildman–Crippen LogP) is 0.861.